The maximum Gasteiger partial charge on any atom is 0.259 e. The summed E-state index contributed by atoms with van der Waals surface area (Å²) in [5.41, 5.74) is 2.63. The van der Waals surface area contributed by atoms with Crippen LogP contribution in [0.15, 0.2) is 18.3 Å². The van der Waals surface area contributed by atoms with Crippen LogP contribution in [-0.4, -0.2) is 38.7 Å². The third-order valence-corrected chi connectivity index (χ3v) is 3.74. The summed E-state index contributed by atoms with van der Waals surface area (Å²) in [7, 11) is 3.53. The summed E-state index contributed by atoms with van der Waals surface area (Å²) < 4.78 is 3.72. The molecule has 0 aliphatic heterocycles. The van der Waals surface area contributed by atoms with Crippen LogP contribution in [0.3, 0.4) is 0 Å². The third-order valence-electron chi connectivity index (χ3n) is 3.74. The molecule has 0 saturated heterocycles. The molecule has 0 N–H and O–H groups in total. The zero-order valence-electron chi connectivity index (χ0n) is 13.7. The smallest absolute Gasteiger partial charge is 0.259 e. The van der Waals surface area contributed by atoms with Crippen molar-refractivity contribution >= 4 is 5.91 Å². The lowest BCUT2D eigenvalue weighted by molar-refractivity contribution is 0.0785. The summed E-state index contributed by atoms with van der Waals surface area (Å²) in [6.07, 6.45) is 1.59. The Kier molecular flexibility index (Phi) is 4.36. The lowest BCUT2D eigenvalue weighted by Gasteiger charge is -2.19. The minimum absolute atomic E-state index is 0.127. The highest BCUT2D eigenvalue weighted by atomic mass is 16.2. The van der Waals surface area contributed by atoms with Gasteiger partial charge in [-0.15, -0.1) is 0 Å². The molecule has 1 amide bonds. The van der Waals surface area contributed by atoms with Gasteiger partial charge in [0.15, 0.2) is 0 Å². The molecule has 0 saturated carbocycles. The first-order chi connectivity index (χ1) is 10.4. The Morgan fingerprint density at radius 3 is 2.55 bits per heavy atom. The maximum atomic E-state index is 12.7. The number of amides is 1. The molecule has 0 aromatic carbocycles. The van der Waals surface area contributed by atoms with Crippen molar-refractivity contribution in [2.45, 2.75) is 20.8 Å². The second kappa shape index (κ2) is 6.06. The Bertz CT molecular complexity index is 715. The first kappa shape index (κ1) is 15.8. The monoisotopic (exact) mass is 299 g/mol. The highest BCUT2D eigenvalue weighted by molar-refractivity contribution is 5.97. The van der Waals surface area contributed by atoms with Gasteiger partial charge in [-0.25, -0.2) is 0 Å². The van der Waals surface area contributed by atoms with Crippen LogP contribution in [0.5, 0.6) is 0 Å². The second-order valence-electron chi connectivity index (χ2n) is 5.67. The van der Waals surface area contributed by atoms with Crippen LogP contribution in [0.4, 0.5) is 0 Å². The van der Waals surface area contributed by atoms with Gasteiger partial charge < -0.3 is 9.47 Å². The highest BCUT2D eigenvalue weighted by Crippen LogP contribution is 2.21. The molecule has 2 heterocycles. The molecule has 2 rings (SSSR count). The zero-order valence-corrected chi connectivity index (χ0v) is 13.7. The molecule has 6 nitrogen and oxygen atoms in total. The average Bonchev–Trinajstić information content (AvgIpc) is 3.00. The second-order valence-corrected chi connectivity index (χ2v) is 5.67. The van der Waals surface area contributed by atoms with Crippen molar-refractivity contribution in [2.24, 2.45) is 13.0 Å². The molecule has 0 radical (unpaired) electrons. The Morgan fingerprint density at radius 1 is 1.41 bits per heavy atom. The van der Waals surface area contributed by atoms with Crippen molar-refractivity contribution in [1.82, 2.24) is 19.2 Å². The van der Waals surface area contributed by atoms with Crippen molar-refractivity contribution in [3.05, 3.63) is 35.3 Å². The van der Waals surface area contributed by atoms with Crippen LogP contribution in [0.1, 0.15) is 28.7 Å². The lowest BCUT2D eigenvalue weighted by Crippen LogP contribution is -2.31. The van der Waals surface area contributed by atoms with E-state index < -0.39 is 0 Å². The summed E-state index contributed by atoms with van der Waals surface area (Å²) in [6, 6.07) is 6.17. The van der Waals surface area contributed by atoms with Crippen LogP contribution in [0.2, 0.25) is 0 Å². The Hall–Kier alpha value is -2.55. The molecule has 116 valence electrons. The van der Waals surface area contributed by atoms with E-state index in [1.165, 1.54) is 0 Å². The fraction of sp³-hybridized carbons (Fsp3) is 0.438. The summed E-state index contributed by atoms with van der Waals surface area (Å²) in [5.74, 6) is 0.420. The largest absolute Gasteiger partial charge is 0.340 e. The van der Waals surface area contributed by atoms with Gasteiger partial charge in [0.25, 0.3) is 5.91 Å². The summed E-state index contributed by atoms with van der Waals surface area (Å²) >= 11 is 0. The molecule has 22 heavy (non-hydrogen) atoms. The topological polar surface area (TPSA) is 66.8 Å². The number of hydrogen-bond donors (Lipinski definition) is 0. The van der Waals surface area contributed by atoms with Gasteiger partial charge in [-0.3, -0.25) is 9.48 Å². The fourth-order valence-corrected chi connectivity index (χ4v) is 2.59. The molecule has 0 aliphatic carbocycles. The van der Waals surface area contributed by atoms with Crippen molar-refractivity contribution in [3.63, 3.8) is 0 Å². The van der Waals surface area contributed by atoms with Gasteiger partial charge in [0.05, 0.1) is 18.2 Å². The Labute approximate surface area is 130 Å². The standard InChI is InChI=1S/C16H21N5O/c1-11(8-17)10-19(4)16(22)14-9-18-20(5)15(14)21-12(2)6-7-13(21)3/h6-7,9,11H,10H2,1-5H3/t11-/m0/s1. The number of hydrogen-bond acceptors (Lipinski definition) is 3. The van der Waals surface area contributed by atoms with Gasteiger partial charge in [0, 0.05) is 32.0 Å². The van der Waals surface area contributed by atoms with Gasteiger partial charge >= 0.3 is 0 Å². The van der Waals surface area contributed by atoms with Crippen LogP contribution in [0.25, 0.3) is 5.82 Å². The number of carbonyl (C=O) groups is 1. The van der Waals surface area contributed by atoms with E-state index in [-0.39, 0.29) is 11.8 Å². The predicted octanol–water partition coefficient (Wildman–Crippen LogP) is 2.06. The molecule has 0 unspecified atom stereocenters. The van der Waals surface area contributed by atoms with E-state index in [1.54, 1.807) is 29.7 Å². The van der Waals surface area contributed by atoms with Crippen LogP contribution < -0.4 is 0 Å². The molecular formula is C16H21N5O. The fourth-order valence-electron chi connectivity index (χ4n) is 2.59. The first-order valence-electron chi connectivity index (χ1n) is 7.19. The van der Waals surface area contributed by atoms with E-state index in [0.717, 1.165) is 17.2 Å². The number of nitrogens with zero attached hydrogens (tertiary/aromatic N) is 5. The molecule has 1 atom stereocenters. The van der Waals surface area contributed by atoms with Gasteiger partial charge in [-0.1, -0.05) is 0 Å². The van der Waals surface area contributed by atoms with E-state index in [2.05, 4.69) is 11.2 Å². The van der Waals surface area contributed by atoms with E-state index in [0.29, 0.717) is 12.1 Å². The molecule has 2 aromatic rings. The van der Waals surface area contributed by atoms with E-state index in [1.807, 2.05) is 37.6 Å². The number of carbonyl (C=O) groups excluding carboxylic acids is 1. The maximum absolute atomic E-state index is 12.7. The Balaban J connectivity index is 2.43. The lowest BCUT2D eigenvalue weighted by atomic mass is 10.2. The third kappa shape index (κ3) is 2.75. The normalized spacial score (nSPS) is 12.0. The van der Waals surface area contributed by atoms with Gasteiger partial charge in [0.2, 0.25) is 0 Å². The number of aryl methyl sites for hydroxylation is 3. The molecular weight excluding hydrogens is 278 g/mol. The average molecular weight is 299 g/mol. The highest BCUT2D eigenvalue weighted by Gasteiger charge is 2.23. The molecule has 0 spiro atoms. The van der Waals surface area contributed by atoms with Crippen molar-refractivity contribution in [1.29, 1.82) is 5.26 Å². The molecule has 0 fully saturated rings. The van der Waals surface area contributed by atoms with Gasteiger partial charge in [0.1, 0.15) is 11.4 Å². The van der Waals surface area contributed by atoms with E-state index in [4.69, 9.17) is 5.26 Å². The van der Waals surface area contributed by atoms with Crippen LogP contribution in [-0.2, 0) is 7.05 Å². The number of nitriles is 1. The quantitative estimate of drug-likeness (QED) is 0.868. The van der Waals surface area contributed by atoms with Crippen LogP contribution in [0, 0.1) is 31.1 Å². The minimum Gasteiger partial charge on any atom is -0.340 e. The Morgan fingerprint density at radius 2 is 2.00 bits per heavy atom. The molecule has 6 heteroatoms. The molecule has 0 aliphatic rings. The minimum atomic E-state index is -0.205. The summed E-state index contributed by atoms with van der Waals surface area (Å²) in [5, 5.41) is 13.2. The number of rotatable bonds is 4. The van der Waals surface area contributed by atoms with Gasteiger partial charge in [-0.2, -0.15) is 10.4 Å². The summed E-state index contributed by atoms with van der Waals surface area (Å²) in [4.78, 5) is 14.3. The molecule has 2 aromatic heterocycles. The first-order valence-corrected chi connectivity index (χ1v) is 7.19. The summed E-state index contributed by atoms with van der Waals surface area (Å²) in [6.45, 7) is 6.19. The van der Waals surface area contributed by atoms with Crippen molar-refractivity contribution in [2.75, 3.05) is 13.6 Å². The van der Waals surface area contributed by atoms with Crippen LogP contribution >= 0.6 is 0 Å². The number of aromatic nitrogens is 3. The zero-order chi connectivity index (χ0) is 16.4. The van der Waals surface area contributed by atoms with Crippen molar-refractivity contribution < 1.29 is 4.79 Å². The van der Waals surface area contributed by atoms with Crippen molar-refractivity contribution in [3.8, 4) is 11.9 Å². The SMILES string of the molecule is Cc1ccc(C)n1-c1c(C(=O)N(C)C[C@@H](C)C#N)cnn1C. The van der Waals surface area contributed by atoms with E-state index in [9.17, 15) is 4.79 Å². The van der Waals surface area contributed by atoms with Gasteiger partial charge in [-0.05, 0) is 32.9 Å². The molecule has 0 bridgehead atoms. The predicted molar refractivity (Wildman–Crippen MR) is 83.7 cm³/mol. The van der Waals surface area contributed by atoms with E-state index >= 15 is 0 Å².